The first-order valence-corrected chi connectivity index (χ1v) is 12.2. The first-order chi connectivity index (χ1) is 16.5. The number of nitrogens with zero attached hydrogens (tertiary/aromatic N) is 3. The van der Waals surface area contributed by atoms with Gasteiger partial charge in [0, 0.05) is 24.7 Å². The van der Waals surface area contributed by atoms with Gasteiger partial charge < -0.3 is 10.4 Å². The number of pyridine rings is 1. The third-order valence-electron chi connectivity index (χ3n) is 5.19. The van der Waals surface area contributed by atoms with E-state index >= 15 is 0 Å². The fourth-order valence-electron chi connectivity index (χ4n) is 3.33. The number of nitrogens with one attached hydrogen (secondary N) is 2. The Hall–Kier alpha value is -3.67. The highest BCUT2D eigenvalue weighted by atomic mass is 32.2. The fourth-order valence-corrected chi connectivity index (χ4v) is 4.53. The van der Waals surface area contributed by atoms with Crippen molar-refractivity contribution in [2.75, 3.05) is 6.54 Å². The zero-order chi connectivity index (χ0) is 25.2. The molecule has 11 heteroatoms. The van der Waals surface area contributed by atoms with Gasteiger partial charge in [0.15, 0.2) is 0 Å². The highest BCUT2D eigenvalue weighted by molar-refractivity contribution is 7.89. The Bertz CT molecular complexity index is 1460. The van der Waals surface area contributed by atoms with Gasteiger partial charge in [-0.2, -0.15) is 5.10 Å². The molecule has 2 aromatic heterocycles. The smallest absolute Gasteiger partial charge is 0.253 e. The molecule has 182 valence electrons. The lowest BCUT2D eigenvalue weighted by Crippen LogP contribution is -2.38. The average Bonchev–Trinajstić information content (AvgIpc) is 3.26. The summed E-state index contributed by atoms with van der Waals surface area (Å²) in [5.74, 6) is -0.732. The second kappa shape index (κ2) is 9.53. The molecule has 1 amide bonds. The lowest BCUT2D eigenvalue weighted by atomic mass is 10.1. The molecular weight excluding hydrogens is 473 g/mol. The second-order valence-corrected chi connectivity index (χ2v) is 10.4. The van der Waals surface area contributed by atoms with E-state index in [1.54, 1.807) is 41.3 Å². The lowest BCUT2D eigenvalue weighted by Gasteiger charge is -2.17. The van der Waals surface area contributed by atoms with Crippen LogP contribution >= 0.6 is 0 Å². The van der Waals surface area contributed by atoms with Crippen LogP contribution in [0.3, 0.4) is 0 Å². The van der Waals surface area contributed by atoms with E-state index < -0.39 is 15.6 Å². The van der Waals surface area contributed by atoms with Gasteiger partial charge in [-0.3, -0.25) is 9.78 Å². The van der Waals surface area contributed by atoms with Crippen molar-refractivity contribution in [3.63, 3.8) is 0 Å². The van der Waals surface area contributed by atoms with E-state index in [1.165, 1.54) is 44.3 Å². The number of aromatic nitrogens is 3. The van der Waals surface area contributed by atoms with Crippen molar-refractivity contribution < 1.29 is 22.7 Å². The van der Waals surface area contributed by atoms with Gasteiger partial charge >= 0.3 is 0 Å². The Morgan fingerprint density at radius 2 is 1.74 bits per heavy atom. The van der Waals surface area contributed by atoms with Crippen LogP contribution < -0.4 is 10.0 Å². The Morgan fingerprint density at radius 1 is 1.06 bits per heavy atom. The molecule has 0 radical (unpaired) electrons. The van der Waals surface area contributed by atoms with Gasteiger partial charge in [0.25, 0.3) is 5.91 Å². The molecule has 0 aliphatic carbocycles. The molecule has 0 bridgehead atoms. The lowest BCUT2D eigenvalue weighted by molar-refractivity contribution is 0.0856. The van der Waals surface area contributed by atoms with Crippen molar-refractivity contribution in [1.29, 1.82) is 0 Å². The van der Waals surface area contributed by atoms with E-state index in [2.05, 4.69) is 20.1 Å². The molecule has 0 unspecified atom stereocenters. The number of halogens is 1. The largest absolute Gasteiger partial charge is 0.389 e. The number of benzene rings is 2. The van der Waals surface area contributed by atoms with Crippen LogP contribution in [0.5, 0.6) is 0 Å². The zero-order valence-electron chi connectivity index (χ0n) is 19.1. The summed E-state index contributed by atoms with van der Waals surface area (Å²) >= 11 is 0. The first kappa shape index (κ1) is 24.5. The number of hydrogen-bond acceptors (Lipinski definition) is 6. The number of fused-ring (bicyclic) bond motifs is 1. The number of amides is 1. The molecule has 4 aromatic rings. The van der Waals surface area contributed by atoms with Crippen LogP contribution in [0.15, 0.2) is 72.0 Å². The molecule has 3 N–H and O–H groups in total. The van der Waals surface area contributed by atoms with E-state index in [0.717, 1.165) is 0 Å². The van der Waals surface area contributed by atoms with Crippen LogP contribution in [-0.4, -0.2) is 46.3 Å². The number of hydrogen-bond donors (Lipinski definition) is 3. The average molecular weight is 498 g/mol. The molecule has 0 aliphatic rings. The number of carbonyl (C=O) groups excluding carboxylic acids is 1. The van der Waals surface area contributed by atoms with E-state index in [1.807, 2.05) is 0 Å². The van der Waals surface area contributed by atoms with E-state index in [0.29, 0.717) is 27.7 Å². The molecule has 2 aromatic carbocycles. The summed E-state index contributed by atoms with van der Waals surface area (Å²) in [5.41, 5.74) is 1.07. The molecule has 0 fully saturated rings. The normalized spacial score (nSPS) is 12.1. The highest BCUT2D eigenvalue weighted by Crippen LogP contribution is 2.21. The molecule has 9 nitrogen and oxygen atoms in total. The Morgan fingerprint density at radius 3 is 2.40 bits per heavy atom. The summed E-state index contributed by atoms with van der Waals surface area (Å²) in [6.45, 7) is 3.06. The Kier molecular flexibility index (Phi) is 6.66. The SMILES string of the molecule is CC(C)(O)CNS(=O)(=O)c1ccc(CNC(=O)c2cncc3c2cnn3-c2ccc(F)cc2)cc1. The van der Waals surface area contributed by atoms with Gasteiger partial charge in [0.05, 0.1) is 39.7 Å². The number of sulfonamides is 1. The minimum absolute atomic E-state index is 0.0546. The molecule has 0 spiro atoms. The van der Waals surface area contributed by atoms with Crippen molar-refractivity contribution in [3.8, 4) is 5.69 Å². The van der Waals surface area contributed by atoms with Crippen molar-refractivity contribution in [1.82, 2.24) is 24.8 Å². The fraction of sp³-hybridized carbons (Fsp3) is 0.208. The van der Waals surface area contributed by atoms with Crippen LogP contribution in [0.25, 0.3) is 16.6 Å². The summed E-state index contributed by atoms with van der Waals surface area (Å²) < 4.78 is 41.9. The third-order valence-corrected chi connectivity index (χ3v) is 6.61. The monoisotopic (exact) mass is 497 g/mol. The standard InChI is InChI=1S/C24H24FN5O4S/c1-24(2,32)15-29-35(33,34)19-9-3-16(4-10-19)11-27-23(31)21-12-26-14-22-20(21)13-28-30(22)18-7-5-17(25)6-8-18/h3-10,12-14,29,32H,11,15H2,1-2H3,(H,27,31). The molecule has 0 aliphatic heterocycles. The maximum atomic E-state index is 13.3. The van der Waals surface area contributed by atoms with E-state index in [9.17, 15) is 22.7 Å². The van der Waals surface area contributed by atoms with Gasteiger partial charge in [0.2, 0.25) is 10.0 Å². The molecule has 2 heterocycles. The van der Waals surface area contributed by atoms with Gasteiger partial charge in [-0.05, 0) is 55.8 Å². The molecule has 35 heavy (non-hydrogen) atoms. The maximum Gasteiger partial charge on any atom is 0.253 e. The van der Waals surface area contributed by atoms with Crippen molar-refractivity contribution in [2.24, 2.45) is 0 Å². The van der Waals surface area contributed by atoms with Gasteiger partial charge in [0.1, 0.15) is 5.82 Å². The van der Waals surface area contributed by atoms with E-state index in [4.69, 9.17) is 0 Å². The molecule has 0 saturated carbocycles. The predicted octanol–water partition coefficient (Wildman–Crippen LogP) is 2.54. The summed E-state index contributed by atoms with van der Waals surface area (Å²) in [6.07, 6.45) is 4.57. The Balaban J connectivity index is 1.46. The van der Waals surface area contributed by atoms with Gasteiger partial charge in [-0.25, -0.2) is 22.2 Å². The highest BCUT2D eigenvalue weighted by Gasteiger charge is 2.20. The summed E-state index contributed by atoms with van der Waals surface area (Å²) in [6, 6.07) is 11.9. The topological polar surface area (TPSA) is 126 Å². The van der Waals surface area contributed by atoms with Crippen LogP contribution in [0.2, 0.25) is 0 Å². The van der Waals surface area contributed by atoms with Crippen LogP contribution in [-0.2, 0) is 16.6 Å². The number of rotatable bonds is 8. The molecule has 0 atom stereocenters. The van der Waals surface area contributed by atoms with Gasteiger partial charge in [-0.15, -0.1) is 0 Å². The van der Waals surface area contributed by atoms with Crippen LogP contribution in [0, 0.1) is 5.82 Å². The van der Waals surface area contributed by atoms with Crippen molar-refractivity contribution in [3.05, 3.63) is 84.1 Å². The molecule has 0 saturated heterocycles. The minimum Gasteiger partial charge on any atom is -0.389 e. The van der Waals surface area contributed by atoms with Crippen LogP contribution in [0.1, 0.15) is 29.8 Å². The van der Waals surface area contributed by atoms with Gasteiger partial charge in [-0.1, -0.05) is 12.1 Å². The van der Waals surface area contributed by atoms with Crippen molar-refractivity contribution in [2.45, 2.75) is 30.9 Å². The number of aliphatic hydroxyl groups is 1. The number of carbonyl (C=O) groups is 1. The summed E-state index contributed by atoms with van der Waals surface area (Å²) in [4.78, 5) is 17.1. The summed E-state index contributed by atoms with van der Waals surface area (Å²) in [5, 5.41) is 17.4. The van der Waals surface area contributed by atoms with Crippen LogP contribution in [0.4, 0.5) is 4.39 Å². The minimum atomic E-state index is -3.77. The molecule has 4 rings (SSSR count). The quantitative estimate of drug-likeness (QED) is 0.344. The second-order valence-electron chi connectivity index (χ2n) is 8.62. The third kappa shape index (κ3) is 5.70. The van der Waals surface area contributed by atoms with Crippen molar-refractivity contribution >= 4 is 26.8 Å². The molecular formula is C24H24FN5O4S. The van der Waals surface area contributed by atoms with E-state index in [-0.39, 0.29) is 29.7 Å². The Labute approximate surface area is 201 Å². The zero-order valence-corrected chi connectivity index (χ0v) is 19.9. The predicted molar refractivity (Wildman–Crippen MR) is 128 cm³/mol. The summed E-state index contributed by atoms with van der Waals surface area (Å²) in [7, 11) is -3.77. The maximum absolute atomic E-state index is 13.3. The first-order valence-electron chi connectivity index (χ1n) is 10.7.